The summed E-state index contributed by atoms with van der Waals surface area (Å²) in [6, 6.07) is 10.3. The fourth-order valence-electron chi connectivity index (χ4n) is 3.15. The lowest BCUT2D eigenvalue weighted by atomic mass is 10.1. The monoisotopic (exact) mass is 329 g/mol. The van der Waals surface area contributed by atoms with Gasteiger partial charge in [-0.3, -0.25) is 4.79 Å². The minimum absolute atomic E-state index is 0.231. The van der Waals surface area contributed by atoms with Gasteiger partial charge in [0.15, 0.2) is 0 Å². The number of hydrogen-bond acceptors (Lipinski definition) is 3. The molecule has 2 aliphatic carbocycles. The number of halogens is 1. The minimum atomic E-state index is -0.231. The molecule has 0 atom stereocenters. The van der Waals surface area contributed by atoms with Gasteiger partial charge in [0.2, 0.25) is 0 Å². The second kappa shape index (κ2) is 6.00. The third-order valence-electron chi connectivity index (χ3n) is 4.74. The number of nitrogens with one attached hydrogen (secondary N) is 1. The van der Waals surface area contributed by atoms with Gasteiger partial charge < -0.3 is 5.32 Å². The van der Waals surface area contributed by atoms with E-state index in [2.05, 4.69) is 10.4 Å². The predicted octanol–water partition coefficient (Wildman–Crippen LogP) is 3.55. The highest BCUT2D eigenvalue weighted by Crippen LogP contribution is 2.46. The van der Waals surface area contributed by atoms with Crippen LogP contribution in [0.3, 0.4) is 0 Å². The molecule has 2 saturated carbocycles. The lowest BCUT2D eigenvalue weighted by Gasteiger charge is -2.19. The van der Waals surface area contributed by atoms with Crippen LogP contribution in [0.4, 0.5) is 5.69 Å². The summed E-state index contributed by atoms with van der Waals surface area (Å²) in [5, 5.41) is 8.05. The zero-order valence-electron chi connectivity index (χ0n) is 12.9. The molecule has 23 heavy (non-hydrogen) atoms. The molecule has 0 amide bonds. The molecule has 0 radical (unpaired) electrons. The van der Waals surface area contributed by atoms with Crippen molar-refractivity contribution in [2.24, 2.45) is 11.8 Å². The maximum Gasteiger partial charge on any atom is 0.287 e. The van der Waals surface area contributed by atoms with Crippen molar-refractivity contribution in [1.82, 2.24) is 9.78 Å². The number of aromatic nitrogens is 2. The molecule has 2 aromatic rings. The fourth-order valence-corrected chi connectivity index (χ4v) is 3.35. The maximum absolute atomic E-state index is 12.5. The van der Waals surface area contributed by atoms with Gasteiger partial charge in [-0.05, 0) is 43.1 Å². The highest BCUT2D eigenvalue weighted by atomic mass is 35.5. The Labute approximate surface area is 140 Å². The molecule has 2 fully saturated rings. The van der Waals surface area contributed by atoms with Gasteiger partial charge in [0, 0.05) is 6.04 Å². The summed E-state index contributed by atoms with van der Waals surface area (Å²) in [7, 11) is 0. The van der Waals surface area contributed by atoms with Crippen LogP contribution in [0.25, 0.3) is 0 Å². The summed E-state index contributed by atoms with van der Waals surface area (Å²) in [6.07, 6.45) is 6.83. The molecule has 120 valence electrons. The fraction of sp³-hybridized carbons (Fsp3) is 0.444. The van der Waals surface area contributed by atoms with E-state index >= 15 is 0 Å². The normalized spacial score (nSPS) is 17.5. The van der Waals surface area contributed by atoms with Crippen LogP contribution in [0.1, 0.15) is 31.2 Å². The third-order valence-corrected chi connectivity index (χ3v) is 5.11. The Kier molecular flexibility index (Phi) is 3.85. The van der Waals surface area contributed by atoms with Gasteiger partial charge in [-0.15, -0.1) is 0 Å². The number of rotatable bonds is 6. The van der Waals surface area contributed by atoms with Crippen molar-refractivity contribution in [3.05, 3.63) is 57.5 Å². The molecule has 0 bridgehead atoms. The molecule has 1 N–H and O–H groups in total. The highest BCUT2D eigenvalue weighted by Gasteiger charge is 2.41. The smallest absolute Gasteiger partial charge is 0.287 e. The molecular formula is C18H20ClN3O. The standard InChI is InChI=1S/C18H20ClN3O/c19-16-15(21-17(13-6-7-13)14-8-9-14)10-20-22(18(16)23)11-12-4-2-1-3-5-12/h1-5,10,13-14,17,21H,6-9,11H2. The van der Waals surface area contributed by atoms with Gasteiger partial charge >= 0.3 is 0 Å². The van der Waals surface area contributed by atoms with E-state index in [4.69, 9.17) is 11.6 Å². The SMILES string of the molecule is O=c1c(Cl)c(NC(C2CC2)C2CC2)cnn1Cc1ccccc1. The Morgan fingerprint density at radius 2 is 1.83 bits per heavy atom. The van der Waals surface area contributed by atoms with Gasteiger partial charge in [-0.1, -0.05) is 41.9 Å². The summed E-state index contributed by atoms with van der Waals surface area (Å²) in [5.41, 5.74) is 1.49. The van der Waals surface area contributed by atoms with E-state index in [9.17, 15) is 4.79 Å². The number of anilines is 1. The van der Waals surface area contributed by atoms with Gasteiger partial charge in [0.05, 0.1) is 18.4 Å². The summed E-state index contributed by atoms with van der Waals surface area (Å²) < 4.78 is 1.42. The van der Waals surface area contributed by atoms with E-state index in [1.807, 2.05) is 30.3 Å². The Balaban J connectivity index is 1.55. The third kappa shape index (κ3) is 3.27. The average Bonchev–Trinajstić information content (AvgIpc) is 3.46. The molecule has 0 unspecified atom stereocenters. The molecule has 1 heterocycles. The zero-order chi connectivity index (χ0) is 15.8. The molecule has 1 aromatic carbocycles. The molecule has 2 aliphatic rings. The van der Waals surface area contributed by atoms with E-state index in [0.29, 0.717) is 18.3 Å². The first-order valence-electron chi connectivity index (χ1n) is 8.28. The molecule has 0 spiro atoms. The predicted molar refractivity (Wildman–Crippen MR) is 91.9 cm³/mol. The van der Waals surface area contributed by atoms with Crippen LogP contribution in [-0.4, -0.2) is 15.8 Å². The van der Waals surface area contributed by atoms with E-state index < -0.39 is 0 Å². The first-order valence-corrected chi connectivity index (χ1v) is 8.66. The van der Waals surface area contributed by atoms with Crippen molar-refractivity contribution in [3.63, 3.8) is 0 Å². The van der Waals surface area contributed by atoms with Crippen LogP contribution >= 0.6 is 11.6 Å². The Morgan fingerprint density at radius 1 is 1.17 bits per heavy atom. The largest absolute Gasteiger partial charge is 0.379 e. The van der Waals surface area contributed by atoms with Crippen LogP contribution in [-0.2, 0) is 6.54 Å². The van der Waals surface area contributed by atoms with Crippen LogP contribution in [0.5, 0.6) is 0 Å². The van der Waals surface area contributed by atoms with Gasteiger partial charge in [0.1, 0.15) is 5.02 Å². The van der Waals surface area contributed by atoms with Gasteiger partial charge in [0.25, 0.3) is 5.56 Å². The Hall–Kier alpha value is -1.81. The lowest BCUT2D eigenvalue weighted by molar-refractivity contribution is 0.565. The zero-order valence-corrected chi connectivity index (χ0v) is 13.7. The number of hydrogen-bond donors (Lipinski definition) is 1. The first-order chi connectivity index (χ1) is 11.2. The highest BCUT2D eigenvalue weighted by molar-refractivity contribution is 6.32. The maximum atomic E-state index is 12.5. The Bertz CT molecular complexity index is 739. The van der Waals surface area contributed by atoms with Gasteiger partial charge in [-0.25, -0.2) is 4.68 Å². The van der Waals surface area contributed by atoms with Crippen molar-refractivity contribution in [3.8, 4) is 0 Å². The van der Waals surface area contributed by atoms with E-state index in [1.165, 1.54) is 30.4 Å². The van der Waals surface area contributed by atoms with E-state index in [-0.39, 0.29) is 10.6 Å². The number of nitrogens with zero attached hydrogens (tertiary/aromatic N) is 2. The van der Waals surface area contributed by atoms with Crippen molar-refractivity contribution >= 4 is 17.3 Å². The first kappa shape index (κ1) is 14.8. The van der Waals surface area contributed by atoms with Crippen LogP contribution < -0.4 is 10.9 Å². The minimum Gasteiger partial charge on any atom is -0.379 e. The molecule has 0 aliphatic heterocycles. The molecule has 0 saturated heterocycles. The van der Waals surface area contributed by atoms with Crippen LogP contribution in [0.2, 0.25) is 5.02 Å². The lowest BCUT2D eigenvalue weighted by Crippen LogP contribution is -2.29. The Morgan fingerprint density at radius 3 is 2.43 bits per heavy atom. The van der Waals surface area contributed by atoms with Crippen molar-refractivity contribution in [2.75, 3.05) is 5.32 Å². The van der Waals surface area contributed by atoms with Crippen molar-refractivity contribution in [1.29, 1.82) is 0 Å². The number of benzene rings is 1. The molecular weight excluding hydrogens is 310 g/mol. The van der Waals surface area contributed by atoms with E-state index in [0.717, 1.165) is 17.4 Å². The second-order valence-electron chi connectivity index (χ2n) is 6.67. The van der Waals surface area contributed by atoms with Crippen LogP contribution in [0, 0.1) is 11.8 Å². The summed E-state index contributed by atoms with van der Waals surface area (Å²) >= 11 is 6.32. The molecule has 1 aromatic heterocycles. The van der Waals surface area contributed by atoms with Crippen molar-refractivity contribution in [2.45, 2.75) is 38.3 Å². The summed E-state index contributed by atoms with van der Waals surface area (Å²) in [5.74, 6) is 1.48. The molecule has 4 rings (SSSR count). The summed E-state index contributed by atoms with van der Waals surface area (Å²) in [6.45, 7) is 0.439. The molecule has 5 heteroatoms. The van der Waals surface area contributed by atoms with E-state index in [1.54, 1.807) is 6.20 Å². The second-order valence-corrected chi connectivity index (χ2v) is 7.04. The summed E-state index contributed by atoms with van der Waals surface area (Å²) in [4.78, 5) is 12.5. The van der Waals surface area contributed by atoms with Gasteiger partial charge in [-0.2, -0.15) is 5.10 Å². The average molecular weight is 330 g/mol. The quantitative estimate of drug-likeness (QED) is 0.881. The van der Waals surface area contributed by atoms with Crippen LogP contribution in [0.15, 0.2) is 41.3 Å². The molecule has 4 nitrogen and oxygen atoms in total. The topological polar surface area (TPSA) is 46.9 Å². The van der Waals surface area contributed by atoms with Crippen molar-refractivity contribution < 1.29 is 0 Å².